The van der Waals surface area contributed by atoms with Crippen molar-refractivity contribution in [2.24, 2.45) is 5.73 Å². The van der Waals surface area contributed by atoms with E-state index in [1.165, 1.54) is 0 Å². The van der Waals surface area contributed by atoms with Crippen LogP contribution in [-0.2, 0) is 13.2 Å². The van der Waals surface area contributed by atoms with Gasteiger partial charge in [-0.05, 0) is 0 Å². The van der Waals surface area contributed by atoms with Gasteiger partial charge in [-0.1, -0.05) is 0 Å². The summed E-state index contributed by atoms with van der Waals surface area (Å²) < 4.78 is 39.5. The van der Waals surface area contributed by atoms with E-state index in [0.29, 0.717) is 0 Å². The summed E-state index contributed by atoms with van der Waals surface area (Å²) in [7, 11) is 0. The van der Waals surface area contributed by atoms with Crippen molar-refractivity contribution in [1.82, 2.24) is 4.98 Å². The largest absolute Gasteiger partial charge is 0.574 e. The summed E-state index contributed by atoms with van der Waals surface area (Å²) in [5, 5.41) is 8.76. The third kappa shape index (κ3) is 2.97. The number of aromatic amines is 1. The molecule has 0 aliphatic rings. The van der Waals surface area contributed by atoms with Crippen LogP contribution in [-0.4, -0.2) is 16.5 Å². The lowest BCUT2D eigenvalue weighted by atomic mass is 10.2. The van der Waals surface area contributed by atoms with E-state index in [2.05, 4.69) is 9.72 Å². The number of pyridine rings is 1. The van der Waals surface area contributed by atoms with Gasteiger partial charge in [-0.2, -0.15) is 0 Å². The van der Waals surface area contributed by atoms with E-state index in [0.717, 1.165) is 6.07 Å². The molecule has 1 heterocycles. The van der Waals surface area contributed by atoms with Gasteiger partial charge in [0, 0.05) is 18.3 Å². The zero-order valence-corrected chi connectivity index (χ0v) is 7.97. The highest BCUT2D eigenvalue weighted by Crippen LogP contribution is 2.22. The van der Waals surface area contributed by atoms with Crippen LogP contribution in [0.2, 0.25) is 0 Å². The number of aromatic nitrogens is 1. The summed E-state index contributed by atoms with van der Waals surface area (Å²) in [6.45, 7) is -0.999. The predicted octanol–water partition coefficient (Wildman–Crippen LogP) is 0.224. The number of alkyl halides is 3. The maximum Gasteiger partial charge on any atom is 0.574 e. The first-order chi connectivity index (χ1) is 7.37. The average Bonchev–Trinajstić information content (AvgIpc) is 2.14. The fraction of sp³-hybridized carbons (Fsp3) is 0.375. The third-order valence-electron chi connectivity index (χ3n) is 1.75. The van der Waals surface area contributed by atoms with Gasteiger partial charge in [0.1, 0.15) is 0 Å². The number of nitrogens with two attached hydrogens (primary N) is 1. The molecule has 1 aromatic heterocycles. The Kier molecular flexibility index (Phi) is 3.55. The van der Waals surface area contributed by atoms with Crippen molar-refractivity contribution in [1.29, 1.82) is 0 Å². The Morgan fingerprint density at radius 1 is 1.50 bits per heavy atom. The Labute approximate surface area is 87.7 Å². The number of halogens is 3. The molecule has 0 radical (unpaired) electrons. The average molecular weight is 238 g/mol. The van der Waals surface area contributed by atoms with Gasteiger partial charge in [0.25, 0.3) is 0 Å². The highest BCUT2D eigenvalue weighted by Gasteiger charge is 2.33. The highest BCUT2D eigenvalue weighted by atomic mass is 19.4. The molecule has 16 heavy (non-hydrogen) atoms. The van der Waals surface area contributed by atoms with Crippen LogP contribution in [0.5, 0.6) is 5.88 Å². The number of H-pyrrole nitrogens is 1. The summed E-state index contributed by atoms with van der Waals surface area (Å²) in [6.07, 6.45) is -4.94. The van der Waals surface area contributed by atoms with Crippen LogP contribution in [0.4, 0.5) is 13.2 Å². The summed E-state index contributed by atoms with van der Waals surface area (Å²) in [5.74, 6) is -0.831. The van der Waals surface area contributed by atoms with Crippen LogP contribution in [0.15, 0.2) is 10.9 Å². The number of hydrogen-bond acceptors (Lipinski definition) is 4. The van der Waals surface area contributed by atoms with E-state index >= 15 is 0 Å². The van der Waals surface area contributed by atoms with Crippen molar-refractivity contribution in [3.8, 4) is 5.88 Å². The van der Waals surface area contributed by atoms with Crippen molar-refractivity contribution >= 4 is 0 Å². The highest BCUT2D eigenvalue weighted by molar-refractivity contribution is 5.28. The first-order valence-corrected chi connectivity index (χ1v) is 4.19. The summed E-state index contributed by atoms with van der Waals surface area (Å²) in [6, 6.07) is 1.01. The minimum Gasteiger partial charge on any atom is -0.391 e. The molecule has 0 atom stereocenters. The van der Waals surface area contributed by atoms with Gasteiger partial charge in [0.15, 0.2) is 5.43 Å². The fourth-order valence-corrected chi connectivity index (χ4v) is 1.08. The zero-order chi connectivity index (χ0) is 12.3. The molecule has 0 amide bonds. The molecule has 0 fully saturated rings. The second-order valence-electron chi connectivity index (χ2n) is 2.88. The molecule has 0 aliphatic heterocycles. The zero-order valence-electron chi connectivity index (χ0n) is 7.97. The molecular formula is C8H9F3N2O3. The van der Waals surface area contributed by atoms with Crippen LogP contribution in [0.1, 0.15) is 11.3 Å². The molecule has 0 aliphatic carbocycles. The molecule has 0 aromatic carbocycles. The number of rotatable bonds is 3. The van der Waals surface area contributed by atoms with E-state index in [1.807, 2.05) is 0 Å². The monoisotopic (exact) mass is 238 g/mol. The minimum absolute atomic E-state index is 0.0847. The summed E-state index contributed by atoms with van der Waals surface area (Å²) in [5.41, 5.74) is 4.00. The molecular weight excluding hydrogens is 229 g/mol. The van der Waals surface area contributed by atoms with Crippen LogP contribution < -0.4 is 15.9 Å². The number of nitrogens with one attached hydrogen (secondary N) is 1. The SMILES string of the molecule is NCc1cc(=O)c(CO)c(OC(F)(F)F)[nH]1. The molecule has 1 rings (SSSR count). The number of aliphatic hydroxyl groups is 1. The number of aliphatic hydroxyl groups excluding tert-OH is 1. The summed E-state index contributed by atoms with van der Waals surface area (Å²) >= 11 is 0. The van der Waals surface area contributed by atoms with Crippen LogP contribution in [0.25, 0.3) is 0 Å². The topological polar surface area (TPSA) is 88.3 Å². The molecule has 0 saturated carbocycles. The van der Waals surface area contributed by atoms with Gasteiger partial charge in [-0.3, -0.25) is 4.79 Å². The molecule has 0 saturated heterocycles. The quantitative estimate of drug-likeness (QED) is 0.703. The first-order valence-electron chi connectivity index (χ1n) is 4.19. The smallest absolute Gasteiger partial charge is 0.391 e. The van der Waals surface area contributed by atoms with E-state index < -0.39 is 29.8 Å². The van der Waals surface area contributed by atoms with E-state index in [-0.39, 0.29) is 12.2 Å². The van der Waals surface area contributed by atoms with Crippen LogP contribution >= 0.6 is 0 Å². The van der Waals surface area contributed by atoms with Crippen molar-refractivity contribution in [2.75, 3.05) is 0 Å². The minimum atomic E-state index is -4.94. The Morgan fingerprint density at radius 2 is 2.12 bits per heavy atom. The molecule has 1 aromatic rings. The maximum atomic E-state index is 12.0. The lowest BCUT2D eigenvalue weighted by Crippen LogP contribution is -2.23. The molecule has 0 unspecified atom stereocenters. The van der Waals surface area contributed by atoms with E-state index in [4.69, 9.17) is 10.8 Å². The van der Waals surface area contributed by atoms with Crippen molar-refractivity contribution < 1.29 is 23.0 Å². The normalized spacial score (nSPS) is 11.6. The van der Waals surface area contributed by atoms with Gasteiger partial charge in [0.2, 0.25) is 5.88 Å². The molecule has 90 valence electrons. The standard InChI is InChI=1S/C8H9F3N2O3/c9-8(10,11)16-7-5(3-14)6(15)1-4(2-12)13-7/h1,14H,2-3,12H2,(H,13,15). The molecule has 0 bridgehead atoms. The number of hydrogen-bond donors (Lipinski definition) is 3. The van der Waals surface area contributed by atoms with E-state index in [9.17, 15) is 18.0 Å². The van der Waals surface area contributed by atoms with Gasteiger partial charge in [-0.15, -0.1) is 13.2 Å². The molecule has 8 heteroatoms. The Balaban J connectivity index is 3.23. The van der Waals surface area contributed by atoms with Crippen molar-refractivity contribution in [2.45, 2.75) is 19.5 Å². The predicted molar refractivity (Wildman–Crippen MR) is 47.6 cm³/mol. The lowest BCUT2D eigenvalue weighted by molar-refractivity contribution is -0.276. The van der Waals surface area contributed by atoms with Crippen LogP contribution in [0.3, 0.4) is 0 Å². The number of ether oxygens (including phenoxy) is 1. The van der Waals surface area contributed by atoms with Gasteiger partial charge in [-0.25, -0.2) is 0 Å². The second-order valence-corrected chi connectivity index (χ2v) is 2.88. The Bertz CT molecular complexity index is 428. The third-order valence-corrected chi connectivity index (χ3v) is 1.75. The fourth-order valence-electron chi connectivity index (χ4n) is 1.08. The van der Waals surface area contributed by atoms with Crippen LogP contribution in [0, 0.1) is 0 Å². The Hall–Kier alpha value is -1.54. The molecule has 0 spiro atoms. The van der Waals surface area contributed by atoms with E-state index in [1.54, 1.807) is 0 Å². The van der Waals surface area contributed by atoms with Crippen molar-refractivity contribution in [3.05, 3.63) is 27.5 Å². The first kappa shape index (κ1) is 12.5. The van der Waals surface area contributed by atoms with Gasteiger partial charge in [0.05, 0.1) is 12.2 Å². The van der Waals surface area contributed by atoms with Gasteiger partial charge < -0.3 is 20.6 Å². The molecule has 5 nitrogen and oxygen atoms in total. The van der Waals surface area contributed by atoms with Crippen molar-refractivity contribution in [3.63, 3.8) is 0 Å². The maximum absolute atomic E-state index is 12.0. The lowest BCUT2D eigenvalue weighted by Gasteiger charge is -2.12. The summed E-state index contributed by atoms with van der Waals surface area (Å²) in [4.78, 5) is 13.4. The molecule has 4 N–H and O–H groups in total. The second kappa shape index (κ2) is 4.54. The van der Waals surface area contributed by atoms with Gasteiger partial charge >= 0.3 is 6.36 Å². The Morgan fingerprint density at radius 3 is 2.56 bits per heavy atom.